The van der Waals surface area contributed by atoms with Gasteiger partial charge >= 0.3 is 0 Å². The summed E-state index contributed by atoms with van der Waals surface area (Å²) in [4.78, 5) is 0. The highest BCUT2D eigenvalue weighted by Gasteiger charge is 2.15. The molecule has 0 fully saturated rings. The number of halogens is 1. The lowest BCUT2D eigenvalue weighted by Crippen LogP contribution is -2.32. The molecule has 0 aromatic heterocycles. The van der Waals surface area contributed by atoms with Gasteiger partial charge in [-0.2, -0.15) is 0 Å². The molecule has 4 nitrogen and oxygen atoms in total. The van der Waals surface area contributed by atoms with Gasteiger partial charge in [-0.15, -0.1) is 0 Å². The monoisotopic (exact) mass is 318 g/mol. The predicted octanol–water partition coefficient (Wildman–Crippen LogP) is 2.66. The zero-order chi connectivity index (χ0) is 15.2. The average molecular weight is 319 g/mol. The quantitative estimate of drug-likeness (QED) is 0.801. The first kappa shape index (κ1) is 17.4. The van der Waals surface area contributed by atoms with Gasteiger partial charge in [-0.3, -0.25) is 0 Å². The van der Waals surface area contributed by atoms with Crippen molar-refractivity contribution in [1.29, 1.82) is 0 Å². The largest absolute Gasteiger partial charge is 0.309 e. The van der Waals surface area contributed by atoms with Crippen LogP contribution in [0.1, 0.15) is 31.4 Å². The van der Waals surface area contributed by atoms with Crippen LogP contribution in [0.5, 0.6) is 0 Å². The maximum atomic E-state index is 11.7. The molecule has 1 rings (SSSR count). The van der Waals surface area contributed by atoms with E-state index in [4.69, 9.17) is 11.6 Å². The Bertz CT molecular complexity index is 500. The summed E-state index contributed by atoms with van der Waals surface area (Å²) in [5.74, 6) is 0.105. The molecule has 0 aliphatic carbocycles. The van der Waals surface area contributed by atoms with Crippen molar-refractivity contribution in [3.05, 3.63) is 34.9 Å². The van der Waals surface area contributed by atoms with E-state index < -0.39 is 10.0 Å². The highest BCUT2D eigenvalue weighted by atomic mass is 35.5. The van der Waals surface area contributed by atoms with Crippen LogP contribution in [-0.4, -0.2) is 39.1 Å². The van der Waals surface area contributed by atoms with Crippen LogP contribution in [0.15, 0.2) is 24.3 Å². The Balaban J connectivity index is 2.62. The van der Waals surface area contributed by atoms with Gasteiger partial charge in [-0.25, -0.2) is 12.7 Å². The lowest BCUT2D eigenvalue weighted by molar-refractivity contribution is 0.491. The zero-order valence-corrected chi connectivity index (χ0v) is 13.8. The highest BCUT2D eigenvalue weighted by Crippen LogP contribution is 2.20. The molecule has 0 spiro atoms. The standard InChI is InChI=1S/C14H23ClN2O2S/c1-4-5-14(12-6-8-13(15)9-7-12)16-10-11-20(18,19)17(2)3/h6-9,14,16H,4-5,10-11H2,1-3H3. The van der Waals surface area contributed by atoms with Crippen LogP contribution in [-0.2, 0) is 10.0 Å². The fourth-order valence-corrected chi connectivity index (χ4v) is 2.78. The molecule has 20 heavy (non-hydrogen) atoms. The van der Waals surface area contributed by atoms with E-state index in [1.54, 1.807) is 14.1 Å². The van der Waals surface area contributed by atoms with Crippen LogP contribution in [0.25, 0.3) is 0 Å². The van der Waals surface area contributed by atoms with Gasteiger partial charge in [0.15, 0.2) is 0 Å². The molecule has 0 aliphatic rings. The molecule has 1 aromatic rings. The van der Waals surface area contributed by atoms with Crippen molar-refractivity contribution >= 4 is 21.6 Å². The third-order valence-electron chi connectivity index (χ3n) is 3.16. The van der Waals surface area contributed by atoms with E-state index in [1.165, 1.54) is 4.31 Å². The molecule has 1 N–H and O–H groups in total. The number of hydrogen-bond donors (Lipinski definition) is 1. The fourth-order valence-electron chi connectivity index (χ4n) is 1.92. The second-order valence-corrected chi connectivity index (χ2v) is 7.68. The third-order valence-corrected chi connectivity index (χ3v) is 5.24. The van der Waals surface area contributed by atoms with Crippen molar-refractivity contribution in [3.63, 3.8) is 0 Å². The second kappa shape index (κ2) is 7.98. The Morgan fingerprint density at radius 2 is 1.85 bits per heavy atom. The van der Waals surface area contributed by atoms with E-state index in [1.807, 2.05) is 24.3 Å². The summed E-state index contributed by atoms with van der Waals surface area (Å²) < 4.78 is 24.7. The van der Waals surface area contributed by atoms with Crippen molar-refractivity contribution in [3.8, 4) is 0 Å². The fraction of sp³-hybridized carbons (Fsp3) is 0.571. The van der Waals surface area contributed by atoms with Gasteiger partial charge in [-0.05, 0) is 24.1 Å². The summed E-state index contributed by atoms with van der Waals surface area (Å²) in [6, 6.07) is 7.84. The topological polar surface area (TPSA) is 49.4 Å². The minimum absolute atomic E-state index is 0.105. The van der Waals surface area contributed by atoms with E-state index in [0.717, 1.165) is 18.4 Å². The molecule has 0 radical (unpaired) electrons. The second-order valence-electron chi connectivity index (χ2n) is 4.95. The third kappa shape index (κ3) is 5.40. The Labute approximate surface area is 127 Å². The Kier molecular flexibility index (Phi) is 6.95. The lowest BCUT2D eigenvalue weighted by atomic mass is 10.0. The van der Waals surface area contributed by atoms with Gasteiger partial charge < -0.3 is 5.32 Å². The first-order valence-corrected chi connectivity index (χ1v) is 8.74. The van der Waals surface area contributed by atoms with Gasteiger partial charge in [0, 0.05) is 31.7 Å². The molecule has 1 aromatic carbocycles. The van der Waals surface area contributed by atoms with Crippen LogP contribution in [0.4, 0.5) is 0 Å². The van der Waals surface area contributed by atoms with Gasteiger partial charge in [0.1, 0.15) is 0 Å². The molecule has 6 heteroatoms. The first-order chi connectivity index (χ1) is 9.36. The number of rotatable bonds is 8. The van der Waals surface area contributed by atoms with E-state index in [0.29, 0.717) is 11.6 Å². The number of sulfonamides is 1. The van der Waals surface area contributed by atoms with Crippen LogP contribution in [0.3, 0.4) is 0 Å². The molecule has 114 valence electrons. The van der Waals surface area contributed by atoms with Crippen LogP contribution in [0.2, 0.25) is 5.02 Å². The average Bonchev–Trinajstić information content (AvgIpc) is 2.38. The Morgan fingerprint density at radius 1 is 1.25 bits per heavy atom. The van der Waals surface area contributed by atoms with Crippen LogP contribution < -0.4 is 5.32 Å². The maximum absolute atomic E-state index is 11.7. The van der Waals surface area contributed by atoms with Gasteiger partial charge in [0.2, 0.25) is 10.0 Å². The summed E-state index contributed by atoms with van der Waals surface area (Å²) >= 11 is 5.89. The van der Waals surface area contributed by atoms with Gasteiger partial charge in [-0.1, -0.05) is 37.1 Å². The van der Waals surface area contributed by atoms with Gasteiger partial charge in [0.05, 0.1) is 5.75 Å². The number of nitrogens with one attached hydrogen (secondary N) is 1. The minimum atomic E-state index is -3.15. The normalized spacial score (nSPS) is 13.7. The van der Waals surface area contributed by atoms with E-state index in [2.05, 4.69) is 12.2 Å². The minimum Gasteiger partial charge on any atom is -0.309 e. The predicted molar refractivity (Wildman–Crippen MR) is 84.6 cm³/mol. The van der Waals surface area contributed by atoms with E-state index in [-0.39, 0.29) is 11.8 Å². The lowest BCUT2D eigenvalue weighted by Gasteiger charge is -2.19. The van der Waals surface area contributed by atoms with E-state index >= 15 is 0 Å². The summed E-state index contributed by atoms with van der Waals surface area (Å²) in [7, 11) is -0.0407. The molecule has 0 amide bonds. The molecular weight excluding hydrogens is 296 g/mol. The van der Waals surface area contributed by atoms with Crippen molar-refractivity contribution in [2.45, 2.75) is 25.8 Å². The zero-order valence-electron chi connectivity index (χ0n) is 12.3. The smallest absolute Gasteiger partial charge is 0.214 e. The Morgan fingerprint density at radius 3 is 2.35 bits per heavy atom. The van der Waals surface area contributed by atoms with Crippen molar-refractivity contribution in [1.82, 2.24) is 9.62 Å². The summed E-state index contributed by atoms with van der Waals surface area (Å²) in [5, 5.41) is 4.03. The molecule has 0 heterocycles. The molecule has 0 aliphatic heterocycles. The summed E-state index contributed by atoms with van der Waals surface area (Å²) in [6.45, 7) is 2.55. The number of nitrogens with zero attached hydrogens (tertiary/aromatic N) is 1. The Hall–Kier alpha value is -0.620. The van der Waals surface area contributed by atoms with Gasteiger partial charge in [0.25, 0.3) is 0 Å². The molecule has 1 atom stereocenters. The summed E-state index contributed by atoms with van der Waals surface area (Å²) in [5.41, 5.74) is 1.14. The maximum Gasteiger partial charge on any atom is 0.214 e. The highest BCUT2D eigenvalue weighted by molar-refractivity contribution is 7.89. The first-order valence-electron chi connectivity index (χ1n) is 6.76. The van der Waals surface area contributed by atoms with Crippen LogP contribution >= 0.6 is 11.6 Å². The van der Waals surface area contributed by atoms with Crippen molar-refractivity contribution in [2.75, 3.05) is 26.4 Å². The SMILES string of the molecule is CCCC(NCCS(=O)(=O)N(C)C)c1ccc(Cl)cc1. The summed E-state index contributed by atoms with van der Waals surface area (Å²) in [6.07, 6.45) is 1.99. The molecule has 0 bridgehead atoms. The van der Waals surface area contributed by atoms with Crippen LogP contribution in [0, 0.1) is 0 Å². The van der Waals surface area contributed by atoms with Crippen molar-refractivity contribution in [2.24, 2.45) is 0 Å². The number of hydrogen-bond acceptors (Lipinski definition) is 3. The molecule has 0 saturated carbocycles. The molecular formula is C14H23ClN2O2S. The number of benzene rings is 1. The molecule has 0 saturated heterocycles. The van der Waals surface area contributed by atoms with Crippen molar-refractivity contribution < 1.29 is 8.42 Å². The van der Waals surface area contributed by atoms with E-state index in [9.17, 15) is 8.42 Å². The molecule has 1 unspecified atom stereocenters.